The quantitative estimate of drug-likeness (QED) is 0.359. The maximum absolute atomic E-state index is 10.7. The lowest BCUT2D eigenvalue weighted by Gasteiger charge is -2.19. The zero-order chi connectivity index (χ0) is 14.3. The molecule has 0 spiro atoms. The molecule has 0 bridgehead atoms. The molecule has 0 aliphatic carbocycles. The summed E-state index contributed by atoms with van der Waals surface area (Å²) in [6, 6.07) is 0. The Balaban J connectivity index is 2.85. The van der Waals surface area contributed by atoms with Crippen molar-refractivity contribution in [1.82, 2.24) is 15.0 Å². The zero-order valence-corrected chi connectivity index (χ0v) is 11.2. The van der Waals surface area contributed by atoms with Crippen LogP contribution >= 0.6 is 0 Å². The summed E-state index contributed by atoms with van der Waals surface area (Å²) < 4.78 is 0. The molecular weight excluding hydrogens is 248 g/mol. The van der Waals surface area contributed by atoms with E-state index in [1.54, 1.807) is 0 Å². The summed E-state index contributed by atoms with van der Waals surface area (Å²) >= 11 is 0. The topological polar surface area (TPSA) is 135 Å². The smallest absolute Gasteiger partial charge is 0.243 e. The number of nitrogens with one attached hydrogen (secondary N) is 2. The van der Waals surface area contributed by atoms with Crippen LogP contribution in [0.5, 0.6) is 0 Å². The number of nitrogen functional groups attached to an aromatic ring is 1. The van der Waals surface area contributed by atoms with Gasteiger partial charge in [-0.3, -0.25) is 10.2 Å². The second-order valence-electron chi connectivity index (χ2n) is 3.74. The Morgan fingerprint density at radius 1 is 1.21 bits per heavy atom. The largest absolute Gasteiger partial charge is 0.370 e. The number of nitrogens with two attached hydrogens (primary N) is 2. The standard InChI is InChI=1S/C10H20N8O/c1-3-18(4-2)10-15-8(13-6-5-7(11)19)14-9(16-10)17-12/h3-6,12H2,1-2H3,(H2,11,19)(H2,13,14,15,16,17). The van der Waals surface area contributed by atoms with E-state index in [2.05, 4.69) is 25.7 Å². The molecule has 106 valence electrons. The summed E-state index contributed by atoms with van der Waals surface area (Å²) in [5.74, 6) is 6.08. The monoisotopic (exact) mass is 268 g/mol. The first-order valence-electron chi connectivity index (χ1n) is 6.10. The number of rotatable bonds is 8. The molecule has 1 rings (SSSR count). The predicted molar refractivity (Wildman–Crippen MR) is 73.5 cm³/mol. The Labute approximate surface area is 111 Å². The fourth-order valence-electron chi connectivity index (χ4n) is 1.45. The average Bonchev–Trinajstić information content (AvgIpc) is 2.39. The molecule has 0 fully saturated rings. The average molecular weight is 268 g/mol. The van der Waals surface area contributed by atoms with Crippen LogP contribution in [0.25, 0.3) is 0 Å². The molecule has 0 aliphatic heterocycles. The third-order valence-corrected chi connectivity index (χ3v) is 2.45. The summed E-state index contributed by atoms with van der Waals surface area (Å²) in [7, 11) is 0. The van der Waals surface area contributed by atoms with E-state index >= 15 is 0 Å². The fraction of sp³-hybridized carbons (Fsp3) is 0.600. The van der Waals surface area contributed by atoms with Crippen LogP contribution in [0.3, 0.4) is 0 Å². The van der Waals surface area contributed by atoms with Gasteiger partial charge in [0.1, 0.15) is 0 Å². The summed E-state index contributed by atoms with van der Waals surface area (Å²) in [5, 5.41) is 2.91. The molecule has 6 N–H and O–H groups in total. The van der Waals surface area contributed by atoms with E-state index in [4.69, 9.17) is 11.6 Å². The van der Waals surface area contributed by atoms with E-state index in [9.17, 15) is 4.79 Å². The van der Waals surface area contributed by atoms with E-state index in [0.29, 0.717) is 18.4 Å². The number of primary amides is 1. The number of hydrogen-bond acceptors (Lipinski definition) is 8. The van der Waals surface area contributed by atoms with Gasteiger partial charge in [0.25, 0.3) is 0 Å². The number of hydrogen-bond donors (Lipinski definition) is 4. The lowest BCUT2D eigenvalue weighted by molar-refractivity contribution is -0.117. The second kappa shape index (κ2) is 7.31. The van der Waals surface area contributed by atoms with E-state index in [1.165, 1.54) is 0 Å². The normalized spacial score (nSPS) is 10.1. The molecule has 0 atom stereocenters. The minimum atomic E-state index is -0.386. The summed E-state index contributed by atoms with van der Waals surface area (Å²) in [6.45, 7) is 5.91. The van der Waals surface area contributed by atoms with E-state index in [1.807, 2.05) is 18.7 Å². The Hall–Kier alpha value is -2.16. The van der Waals surface area contributed by atoms with Gasteiger partial charge in [-0.2, -0.15) is 15.0 Å². The van der Waals surface area contributed by atoms with E-state index in [0.717, 1.165) is 13.1 Å². The Morgan fingerprint density at radius 3 is 2.37 bits per heavy atom. The van der Waals surface area contributed by atoms with E-state index < -0.39 is 0 Å². The fourth-order valence-corrected chi connectivity index (χ4v) is 1.45. The number of amides is 1. The van der Waals surface area contributed by atoms with Crippen LogP contribution in [0.2, 0.25) is 0 Å². The van der Waals surface area contributed by atoms with Gasteiger partial charge in [-0.25, -0.2) is 5.84 Å². The van der Waals surface area contributed by atoms with Gasteiger partial charge < -0.3 is 16.0 Å². The molecule has 9 heteroatoms. The third-order valence-electron chi connectivity index (χ3n) is 2.45. The number of aromatic nitrogens is 3. The predicted octanol–water partition coefficient (Wildman–Crippen LogP) is -0.709. The lowest BCUT2D eigenvalue weighted by atomic mass is 10.4. The maximum Gasteiger partial charge on any atom is 0.243 e. The zero-order valence-electron chi connectivity index (χ0n) is 11.2. The Morgan fingerprint density at radius 2 is 1.84 bits per heavy atom. The van der Waals surface area contributed by atoms with Crippen molar-refractivity contribution in [2.24, 2.45) is 11.6 Å². The SMILES string of the molecule is CCN(CC)c1nc(NN)nc(NCCC(N)=O)n1. The second-order valence-corrected chi connectivity index (χ2v) is 3.74. The van der Waals surface area contributed by atoms with Crippen molar-refractivity contribution < 1.29 is 4.79 Å². The van der Waals surface area contributed by atoms with E-state index in [-0.39, 0.29) is 18.3 Å². The highest BCUT2D eigenvalue weighted by molar-refractivity contribution is 5.74. The first-order chi connectivity index (χ1) is 9.10. The number of carbonyl (C=O) groups is 1. The number of carbonyl (C=O) groups excluding carboxylic acids is 1. The number of nitrogens with zero attached hydrogens (tertiary/aromatic N) is 4. The molecule has 0 radical (unpaired) electrons. The molecule has 9 nitrogen and oxygen atoms in total. The van der Waals surface area contributed by atoms with Gasteiger partial charge in [0.2, 0.25) is 23.8 Å². The summed E-state index contributed by atoms with van der Waals surface area (Å²) in [4.78, 5) is 25.1. The Bertz CT molecular complexity index is 420. The third kappa shape index (κ3) is 4.54. The first-order valence-corrected chi connectivity index (χ1v) is 6.10. The van der Waals surface area contributed by atoms with Crippen molar-refractivity contribution in [3.8, 4) is 0 Å². The highest BCUT2D eigenvalue weighted by atomic mass is 16.1. The highest BCUT2D eigenvalue weighted by Crippen LogP contribution is 2.12. The van der Waals surface area contributed by atoms with Crippen LogP contribution in [0.4, 0.5) is 17.8 Å². The van der Waals surface area contributed by atoms with Crippen LogP contribution in [0, 0.1) is 0 Å². The molecule has 0 unspecified atom stereocenters. The van der Waals surface area contributed by atoms with Gasteiger partial charge in [-0.1, -0.05) is 0 Å². The highest BCUT2D eigenvalue weighted by Gasteiger charge is 2.10. The van der Waals surface area contributed by atoms with Gasteiger partial charge in [0.05, 0.1) is 0 Å². The van der Waals surface area contributed by atoms with Gasteiger partial charge in [0.15, 0.2) is 0 Å². The summed E-state index contributed by atoms with van der Waals surface area (Å²) in [5.41, 5.74) is 7.45. The van der Waals surface area contributed by atoms with Gasteiger partial charge >= 0.3 is 0 Å². The molecular formula is C10H20N8O. The Kier molecular flexibility index (Phi) is 5.73. The molecule has 0 saturated carbocycles. The van der Waals surface area contributed by atoms with Gasteiger partial charge in [-0.15, -0.1) is 0 Å². The molecule has 1 heterocycles. The van der Waals surface area contributed by atoms with Gasteiger partial charge in [0, 0.05) is 26.1 Å². The molecule has 1 aromatic rings. The lowest BCUT2D eigenvalue weighted by Crippen LogP contribution is -2.26. The number of hydrazine groups is 1. The van der Waals surface area contributed by atoms with Crippen LogP contribution in [-0.2, 0) is 4.79 Å². The van der Waals surface area contributed by atoms with Crippen molar-refractivity contribution in [2.75, 3.05) is 35.3 Å². The van der Waals surface area contributed by atoms with Crippen LogP contribution in [0.15, 0.2) is 0 Å². The summed E-state index contributed by atoms with van der Waals surface area (Å²) in [6.07, 6.45) is 0.206. The molecule has 1 aromatic heterocycles. The van der Waals surface area contributed by atoms with Crippen molar-refractivity contribution in [1.29, 1.82) is 0 Å². The van der Waals surface area contributed by atoms with Crippen LogP contribution < -0.4 is 27.2 Å². The van der Waals surface area contributed by atoms with Crippen molar-refractivity contribution in [2.45, 2.75) is 20.3 Å². The maximum atomic E-state index is 10.7. The number of anilines is 3. The van der Waals surface area contributed by atoms with Crippen molar-refractivity contribution in [3.63, 3.8) is 0 Å². The van der Waals surface area contributed by atoms with Crippen LogP contribution in [-0.4, -0.2) is 40.5 Å². The molecule has 0 saturated heterocycles. The molecule has 1 amide bonds. The van der Waals surface area contributed by atoms with Crippen molar-refractivity contribution in [3.05, 3.63) is 0 Å². The minimum absolute atomic E-state index is 0.206. The van der Waals surface area contributed by atoms with Crippen LogP contribution in [0.1, 0.15) is 20.3 Å². The van der Waals surface area contributed by atoms with Crippen molar-refractivity contribution >= 4 is 23.8 Å². The minimum Gasteiger partial charge on any atom is -0.370 e. The molecule has 19 heavy (non-hydrogen) atoms. The molecule has 0 aliphatic rings. The molecule has 0 aromatic carbocycles. The first kappa shape index (κ1) is 14.9. The van der Waals surface area contributed by atoms with Gasteiger partial charge in [-0.05, 0) is 13.8 Å².